The fourth-order valence-electron chi connectivity index (χ4n) is 4.64. The zero-order valence-corrected chi connectivity index (χ0v) is 16.7. The van der Waals surface area contributed by atoms with E-state index < -0.39 is 5.54 Å². The van der Waals surface area contributed by atoms with E-state index in [1.807, 2.05) is 77.7 Å². The van der Waals surface area contributed by atoms with Crippen molar-refractivity contribution >= 4 is 34.1 Å². The van der Waals surface area contributed by atoms with Gasteiger partial charge in [0, 0.05) is 24.2 Å². The maximum Gasteiger partial charge on any atom is 0.321 e. The Kier molecular flexibility index (Phi) is 4.54. The molecule has 2 aliphatic heterocycles. The molecule has 1 spiro atoms. The maximum atomic E-state index is 12.9. The van der Waals surface area contributed by atoms with E-state index in [-0.39, 0.29) is 11.9 Å². The number of rotatable bonds is 2. The van der Waals surface area contributed by atoms with Crippen LogP contribution >= 0.6 is 0 Å². The SMILES string of the molecule is O=C(Nc1cccc2ccccc12)N1CCC2(CC1)C(=O)NCN2c1ccccc1. The van der Waals surface area contributed by atoms with Gasteiger partial charge in [-0.25, -0.2) is 4.79 Å². The molecule has 3 aromatic rings. The summed E-state index contributed by atoms with van der Waals surface area (Å²) in [7, 11) is 0. The minimum Gasteiger partial charge on any atom is -0.339 e. The molecule has 0 aliphatic carbocycles. The second kappa shape index (κ2) is 7.37. The van der Waals surface area contributed by atoms with Gasteiger partial charge >= 0.3 is 6.03 Å². The van der Waals surface area contributed by atoms with Gasteiger partial charge in [-0.05, 0) is 36.4 Å². The molecule has 0 radical (unpaired) electrons. The number of hydrogen-bond donors (Lipinski definition) is 2. The van der Waals surface area contributed by atoms with E-state index in [1.54, 1.807) is 0 Å². The van der Waals surface area contributed by atoms with Crippen LogP contribution in [0.2, 0.25) is 0 Å². The molecule has 3 aromatic carbocycles. The molecule has 2 N–H and O–H groups in total. The zero-order valence-electron chi connectivity index (χ0n) is 16.7. The van der Waals surface area contributed by atoms with E-state index >= 15 is 0 Å². The van der Waals surface area contributed by atoms with Gasteiger partial charge in [-0.2, -0.15) is 0 Å². The number of carbonyl (C=O) groups is 2. The molecule has 0 bridgehead atoms. The van der Waals surface area contributed by atoms with Crippen LogP contribution in [0.15, 0.2) is 72.8 Å². The molecule has 3 amide bonds. The maximum absolute atomic E-state index is 12.9. The standard InChI is InChI=1S/C24H24N4O2/c29-22-24(28(17-25-22)19-9-2-1-3-10-19)13-15-27(16-14-24)23(30)26-21-12-6-8-18-7-4-5-11-20(18)21/h1-12H,13-17H2,(H,25,29)(H,26,30). The molecule has 5 rings (SSSR count). The number of piperidine rings is 1. The van der Waals surface area contributed by atoms with Crippen molar-refractivity contribution in [2.45, 2.75) is 18.4 Å². The van der Waals surface area contributed by atoms with E-state index in [0.717, 1.165) is 22.1 Å². The molecule has 2 heterocycles. The predicted molar refractivity (Wildman–Crippen MR) is 118 cm³/mol. The second-order valence-electron chi connectivity index (χ2n) is 7.90. The normalized spacial score (nSPS) is 17.9. The molecule has 2 saturated heterocycles. The summed E-state index contributed by atoms with van der Waals surface area (Å²) in [4.78, 5) is 29.7. The van der Waals surface area contributed by atoms with Crippen LogP contribution in [-0.2, 0) is 4.79 Å². The number of likely N-dealkylation sites (tertiary alicyclic amines) is 1. The van der Waals surface area contributed by atoms with E-state index in [0.29, 0.717) is 32.6 Å². The molecular formula is C24H24N4O2. The van der Waals surface area contributed by atoms with E-state index in [9.17, 15) is 9.59 Å². The minimum absolute atomic E-state index is 0.0560. The first-order chi connectivity index (χ1) is 14.7. The van der Waals surface area contributed by atoms with Crippen molar-refractivity contribution in [1.29, 1.82) is 0 Å². The van der Waals surface area contributed by atoms with Crippen molar-refractivity contribution in [2.75, 3.05) is 30.0 Å². The first-order valence-corrected chi connectivity index (χ1v) is 10.3. The number of para-hydroxylation sites is 1. The highest BCUT2D eigenvalue weighted by Gasteiger charge is 2.50. The van der Waals surface area contributed by atoms with Gasteiger partial charge in [0.05, 0.1) is 12.4 Å². The summed E-state index contributed by atoms with van der Waals surface area (Å²) in [5.41, 5.74) is 1.25. The average Bonchev–Trinajstić information content (AvgIpc) is 3.10. The van der Waals surface area contributed by atoms with Gasteiger partial charge < -0.3 is 20.4 Å². The Bertz CT molecular complexity index is 1090. The zero-order chi connectivity index (χ0) is 20.6. The fraction of sp³-hybridized carbons (Fsp3) is 0.250. The Morgan fingerprint density at radius 2 is 1.60 bits per heavy atom. The van der Waals surface area contributed by atoms with Gasteiger partial charge in [-0.1, -0.05) is 54.6 Å². The molecular weight excluding hydrogens is 376 g/mol. The van der Waals surface area contributed by atoms with E-state index in [2.05, 4.69) is 15.5 Å². The van der Waals surface area contributed by atoms with Gasteiger partial charge in [0.25, 0.3) is 0 Å². The third-order valence-corrected chi connectivity index (χ3v) is 6.31. The minimum atomic E-state index is -0.586. The summed E-state index contributed by atoms with van der Waals surface area (Å²) >= 11 is 0. The summed E-state index contributed by atoms with van der Waals surface area (Å²) in [6.07, 6.45) is 1.22. The first-order valence-electron chi connectivity index (χ1n) is 10.3. The van der Waals surface area contributed by atoms with Crippen molar-refractivity contribution < 1.29 is 9.59 Å². The molecule has 2 fully saturated rings. The number of amides is 3. The van der Waals surface area contributed by atoms with Crippen LogP contribution in [0.3, 0.4) is 0 Å². The third-order valence-electron chi connectivity index (χ3n) is 6.31. The van der Waals surface area contributed by atoms with Crippen LogP contribution in [0.1, 0.15) is 12.8 Å². The molecule has 2 aliphatic rings. The van der Waals surface area contributed by atoms with Crippen LogP contribution in [-0.4, -0.2) is 42.1 Å². The summed E-state index contributed by atoms with van der Waals surface area (Å²) in [6, 6.07) is 23.8. The number of urea groups is 1. The van der Waals surface area contributed by atoms with Crippen molar-refractivity contribution in [1.82, 2.24) is 10.2 Å². The predicted octanol–water partition coefficient (Wildman–Crippen LogP) is 3.80. The third kappa shape index (κ3) is 3.05. The van der Waals surface area contributed by atoms with Crippen molar-refractivity contribution in [3.8, 4) is 0 Å². The van der Waals surface area contributed by atoms with Gasteiger partial charge in [0.15, 0.2) is 0 Å². The quantitative estimate of drug-likeness (QED) is 0.688. The highest BCUT2D eigenvalue weighted by molar-refractivity contribution is 6.01. The Morgan fingerprint density at radius 1 is 0.900 bits per heavy atom. The number of benzene rings is 3. The Morgan fingerprint density at radius 3 is 2.40 bits per heavy atom. The van der Waals surface area contributed by atoms with E-state index in [1.165, 1.54) is 0 Å². The largest absolute Gasteiger partial charge is 0.339 e. The van der Waals surface area contributed by atoms with Crippen molar-refractivity contribution in [2.24, 2.45) is 0 Å². The van der Waals surface area contributed by atoms with Crippen LogP contribution in [0.4, 0.5) is 16.2 Å². The molecule has 6 heteroatoms. The van der Waals surface area contributed by atoms with Gasteiger partial charge in [0.1, 0.15) is 5.54 Å². The highest BCUT2D eigenvalue weighted by atomic mass is 16.2. The Balaban J connectivity index is 1.31. The number of hydrogen-bond acceptors (Lipinski definition) is 3. The van der Waals surface area contributed by atoms with Crippen molar-refractivity contribution in [3.05, 3.63) is 72.8 Å². The first kappa shape index (κ1) is 18.5. The topological polar surface area (TPSA) is 64.7 Å². The average molecular weight is 400 g/mol. The lowest BCUT2D eigenvalue weighted by atomic mass is 9.85. The van der Waals surface area contributed by atoms with Crippen LogP contribution < -0.4 is 15.5 Å². The number of nitrogens with one attached hydrogen (secondary N) is 2. The van der Waals surface area contributed by atoms with Crippen LogP contribution in [0.25, 0.3) is 10.8 Å². The number of anilines is 2. The number of fused-ring (bicyclic) bond motifs is 1. The monoisotopic (exact) mass is 400 g/mol. The Hall–Kier alpha value is -3.54. The molecule has 0 aromatic heterocycles. The smallest absolute Gasteiger partial charge is 0.321 e. The van der Waals surface area contributed by atoms with Gasteiger partial charge in [-0.15, -0.1) is 0 Å². The van der Waals surface area contributed by atoms with E-state index in [4.69, 9.17) is 0 Å². The lowest BCUT2D eigenvalue weighted by Crippen LogP contribution is -2.57. The summed E-state index contributed by atoms with van der Waals surface area (Å²) < 4.78 is 0. The van der Waals surface area contributed by atoms with Crippen LogP contribution in [0.5, 0.6) is 0 Å². The van der Waals surface area contributed by atoms with Gasteiger partial charge in [0.2, 0.25) is 5.91 Å². The molecule has 0 atom stereocenters. The Labute approximate surface area is 175 Å². The summed E-state index contributed by atoms with van der Waals surface area (Å²) in [5, 5.41) is 8.17. The summed E-state index contributed by atoms with van der Waals surface area (Å²) in [6.45, 7) is 1.58. The van der Waals surface area contributed by atoms with Gasteiger partial charge in [-0.3, -0.25) is 4.79 Å². The molecule has 30 heavy (non-hydrogen) atoms. The van der Waals surface area contributed by atoms with Crippen LogP contribution in [0, 0.1) is 0 Å². The lowest BCUT2D eigenvalue weighted by Gasteiger charge is -2.43. The number of carbonyl (C=O) groups excluding carboxylic acids is 2. The second-order valence-corrected chi connectivity index (χ2v) is 7.90. The number of nitrogens with zero attached hydrogens (tertiary/aromatic N) is 2. The fourth-order valence-corrected chi connectivity index (χ4v) is 4.64. The van der Waals surface area contributed by atoms with Crippen molar-refractivity contribution in [3.63, 3.8) is 0 Å². The lowest BCUT2D eigenvalue weighted by molar-refractivity contribution is -0.124. The molecule has 0 saturated carbocycles. The summed E-state index contributed by atoms with van der Waals surface area (Å²) in [5.74, 6) is 0.0560. The molecule has 152 valence electrons. The molecule has 6 nitrogen and oxygen atoms in total. The molecule has 0 unspecified atom stereocenters. The highest BCUT2D eigenvalue weighted by Crippen LogP contribution is 2.36.